The van der Waals surface area contributed by atoms with Gasteiger partial charge in [0.05, 0.1) is 14.6 Å². The van der Waals surface area contributed by atoms with Crippen molar-refractivity contribution in [2.45, 2.75) is 6.54 Å². The van der Waals surface area contributed by atoms with Crippen LogP contribution in [0.4, 0.5) is 4.79 Å². The predicted molar refractivity (Wildman–Crippen MR) is 110 cm³/mol. The lowest BCUT2D eigenvalue weighted by molar-refractivity contribution is -0.123. The van der Waals surface area contributed by atoms with Crippen molar-refractivity contribution in [3.63, 3.8) is 0 Å². The first-order chi connectivity index (χ1) is 11.8. The summed E-state index contributed by atoms with van der Waals surface area (Å²) in [5.74, 6) is -0.242. The molecule has 0 radical (unpaired) electrons. The van der Waals surface area contributed by atoms with Crippen molar-refractivity contribution in [2.75, 3.05) is 0 Å². The molecule has 1 aliphatic rings. The lowest BCUT2D eigenvalue weighted by Crippen LogP contribution is -2.30. The average Bonchev–Trinajstić information content (AvgIpc) is 2.82. The number of benzene rings is 2. The molecule has 0 aliphatic carbocycles. The zero-order valence-electron chi connectivity index (χ0n) is 12.6. The van der Waals surface area contributed by atoms with Gasteiger partial charge in [-0.3, -0.25) is 9.69 Å². The minimum Gasteiger partial charge on any atom is -0.506 e. The van der Waals surface area contributed by atoms with Gasteiger partial charge in [0.15, 0.2) is 0 Å². The Labute approximate surface area is 174 Å². The van der Waals surface area contributed by atoms with Gasteiger partial charge < -0.3 is 10.4 Å². The first-order valence-electron chi connectivity index (χ1n) is 7.12. The second kappa shape index (κ2) is 7.46. The van der Waals surface area contributed by atoms with E-state index in [1.807, 2.05) is 46.9 Å². The van der Waals surface area contributed by atoms with Crippen LogP contribution in [0, 0.1) is 3.57 Å². The SMILES string of the molecule is O=C1N/C(=C/c2cc(Br)c(O)c(I)c2)C(=O)N1Cc1ccc(Br)cc1. The molecular formula is C17H11Br2IN2O3. The Morgan fingerprint density at radius 1 is 1.16 bits per heavy atom. The minimum absolute atomic E-state index is 0.140. The van der Waals surface area contributed by atoms with Crippen LogP contribution in [-0.4, -0.2) is 21.9 Å². The van der Waals surface area contributed by atoms with E-state index >= 15 is 0 Å². The molecule has 5 nitrogen and oxygen atoms in total. The fourth-order valence-corrected chi connectivity index (χ4v) is 4.09. The number of nitrogens with one attached hydrogen (secondary N) is 1. The second-order valence-corrected chi connectivity index (χ2v) is 8.27. The van der Waals surface area contributed by atoms with Crippen LogP contribution in [0.1, 0.15) is 11.1 Å². The summed E-state index contributed by atoms with van der Waals surface area (Å²) in [6.45, 7) is 0.200. The lowest BCUT2D eigenvalue weighted by Gasteiger charge is -2.11. The molecule has 0 saturated carbocycles. The standard InChI is InChI=1S/C17H11Br2IN2O3/c18-11-3-1-9(2-4-11)8-22-16(24)14(21-17(22)25)7-10-5-12(19)15(23)13(20)6-10/h1-7,23H,8H2,(H,21,25)/b14-7+. The van der Waals surface area contributed by atoms with Crippen molar-refractivity contribution in [3.8, 4) is 5.75 Å². The summed E-state index contributed by atoms with van der Waals surface area (Å²) in [6, 6.07) is 10.4. The van der Waals surface area contributed by atoms with Gasteiger partial charge in [-0.05, 0) is 80.0 Å². The first kappa shape index (κ1) is 18.4. The number of phenols is 1. The molecule has 1 heterocycles. The van der Waals surface area contributed by atoms with Crippen molar-refractivity contribution in [3.05, 3.63) is 65.7 Å². The fourth-order valence-electron chi connectivity index (χ4n) is 2.32. The van der Waals surface area contributed by atoms with E-state index in [9.17, 15) is 14.7 Å². The van der Waals surface area contributed by atoms with Gasteiger partial charge in [0.2, 0.25) is 0 Å². The van der Waals surface area contributed by atoms with Gasteiger partial charge in [-0.1, -0.05) is 28.1 Å². The van der Waals surface area contributed by atoms with E-state index in [-0.39, 0.29) is 23.9 Å². The van der Waals surface area contributed by atoms with Gasteiger partial charge in [0, 0.05) is 4.47 Å². The molecule has 3 amide bonds. The third kappa shape index (κ3) is 4.06. The Balaban J connectivity index is 1.84. The van der Waals surface area contributed by atoms with E-state index in [4.69, 9.17) is 0 Å². The van der Waals surface area contributed by atoms with E-state index in [0.29, 0.717) is 13.6 Å². The zero-order valence-corrected chi connectivity index (χ0v) is 17.9. The maximum absolute atomic E-state index is 12.5. The van der Waals surface area contributed by atoms with Crippen LogP contribution in [0.3, 0.4) is 0 Å². The molecule has 3 rings (SSSR count). The van der Waals surface area contributed by atoms with E-state index in [2.05, 4.69) is 37.2 Å². The van der Waals surface area contributed by atoms with Crippen LogP contribution in [-0.2, 0) is 11.3 Å². The average molecular weight is 578 g/mol. The Hall–Kier alpha value is -1.39. The molecule has 2 aromatic rings. The molecule has 1 fully saturated rings. The normalized spacial score (nSPS) is 15.8. The van der Waals surface area contributed by atoms with E-state index in [1.54, 1.807) is 18.2 Å². The maximum Gasteiger partial charge on any atom is 0.329 e. The monoisotopic (exact) mass is 576 g/mol. The van der Waals surface area contributed by atoms with Crippen LogP contribution in [0.25, 0.3) is 6.08 Å². The largest absolute Gasteiger partial charge is 0.506 e. The van der Waals surface area contributed by atoms with Crippen LogP contribution in [0.2, 0.25) is 0 Å². The highest BCUT2D eigenvalue weighted by Crippen LogP contribution is 2.31. The summed E-state index contributed by atoms with van der Waals surface area (Å²) in [4.78, 5) is 25.8. The van der Waals surface area contributed by atoms with E-state index < -0.39 is 6.03 Å². The Bertz CT molecular complexity index is 874. The third-order valence-corrected chi connectivity index (χ3v) is 5.52. The molecule has 0 aromatic heterocycles. The highest BCUT2D eigenvalue weighted by atomic mass is 127. The van der Waals surface area contributed by atoms with Crippen molar-refractivity contribution in [2.24, 2.45) is 0 Å². The number of carbonyl (C=O) groups excluding carboxylic acids is 2. The van der Waals surface area contributed by atoms with Crippen molar-refractivity contribution >= 4 is 72.5 Å². The molecule has 8 heteroatoms. The topological polar surface area (TPSA) is 69.6 Å². The summed E-state index contributed by atoms with van der Waals surface area (Å²) in [6.07, 6.45) is 1.59. The summed E-state index contributed by atoms with van der Waals surface area (Å²) in [7, 11) is 0. The van der Waals surface area contributed by atoms with Crippen LogP contribution in [0.15, 0.2) is 51.0 Å². The number of imide groups is 1. The quantitative estimate of drug-likeness (QED) is 0.318. The number of carbonyl (C=O) groups is 2. The van der Waals surface area contributed by atoms with Gasteiger partial charge in [-0.2, -0.15) is 0 Å². The molecule has 0 unspecified atom stereocenters. The number of nitrogens with zero attached hydrogens (tertiary/aromatic N) is 1. The number of hydrogen-bond donors (Lipinski definition) is 2. The number of hydrogen-bond acceptors (Lipinski definition) is 3. The first-order valence-corrected chi connectivity index (χ1v) is 9.78. The summed E-state index contributed by atoms with van der Waals surface area (Å²) >= 11 is 8.62. The van der Waals surface area contributed by atoms with E-state index in [1.165, 1.54) is 0 Å². The highest BCUT2D eigenvalue weighted by Gasteiger charge is 2.33. The fraction of sp³-hybridized carbons (Fsp3) is 0.0588. The summed E-state index contributed by atoms with van der Waals surface area (Å²) in [5, 5.41) is 12.4. The third-order valence-electron chi connectivity index (χ3n) is 3.57. The summed E-state index contributed by atoms with van der Waals surface area (Å²) in [5.41, 5.74) is 1.76. The molecule has 0 spiro atoms. The molecular weight excluding hydrogens is 567 g/mol. The number of phenolic OH excluding ortho intramolecular Hbond substituents is 1. The lowest BCUT2D eigenvalue weighted by atomic mass is 10.1. The Morgan fingerprint density at radius 2 is 1.84 bits per heavy atom. The number of amides is 3. The van der Waals surface area contributed by atoms with Gasteiger partial charge >= 0.3 is 6.03 Å². The van der Waals surface area contributed by atoms with Gasteiger partial charge in [-0.25, -0.2) is 4.79 Å². The van der Waals surface area contributed by atoms with Crippen molar-refractivity contribution < 1.29 is 14.7 Å². The second-order valence-electron chi connectivity index (χ2n) is 5.34. The highest BCUT2D eigenvalue weighted by molar-refractivity contribution is 14.1. The molecule has 2 N–H and O–H groups in total. The smallest absolute Gasteiger partial charge is 0.329 e. The molecule has 0 atom stereocenters. The molecule has 1 aliphatic heterocycles. The van der Waals surface area contributed by atoms with Crippen LogP contribution in [0.5, 0.6) is 5.75 Å². The molecule has 2 aromatic carbocycles. The van der Waals surface area contributed by atoms with Crippen LogP contribution >= 0.6 is 54.5 Å². The maximum atomic E-state index is 12.5. The minimum atomic E-state index is -0.452. The van der Waals surface area contributed by atoms with Gasteiger partial charge in [-0.15, -0.1) is 0 Å². The Kier molecular flexibility index (Phi) is 5.49. The van der Waals surface area contributed by atoms with Gasteiger partial charge in [0.25, 0.3) is 5.91 Å². The van der Waals surface area contributed by atoms with Crippen molar-refractivity contribution in [1.29, 1.82) is 0 Å². The number of aromatic hydroxyl groups is 1. The molecule has 25 heavy (non-hydrogen) atoms. The molecule has 0 bridgehead atoms. The number of rotatable bonds is 3. The molecule has 128 valence electrons. The van der Waals surface area contributed by atoms with E-state index in [0.717, 1.165) is 14.9 Å². The summed E-state index contributed by atoms with van der Waals surface area (Å²) < 4.78 is 2.10. The van der Waals surface area contributed by atoms with Gasteiger partial charge in [0.1, 0.15) is 11.4 Å². The van der Waals surface area contributed by atoms with Crippen LogP contribution < -0.4 is 5.32 Å². The zero-order chi connectivity index (χ0) is 18.1. The number of urea groups is 1. The van der Waals surface area contributed by atoms with Crippen molar-refractivity contribution in [1.82, 2.24) is 10.2 Å². The predicted octanol–water partition coefficient (Wildman–Crippen LogP) is 4.61. The Morgan fingerprint density at radius 3 is 2.48 bits per heavy atom. The number of halogens is 3. The molecule has 1 saturated heterocycles.